The Balaban J connectivity index is 0.000000688. The number of pyridine rings is 2. The van der Waals surface area contributed by atoms with Crippen LogP contribution in [0, 0.1) is 0 Å². The van der Waals surface area contributed by atoms with Crippen LogP contribution >= 0.6 is 58.0 Å². The maximum absolute atomic E-state index is 11.5. The number of azide groups is 2. The third-order valence-corrected chi connectivity index (χ3v) is 5.19. The predicted molar refractivity (Wildman–Crippen MR) is 154 cm³/mol. The van der Waals surface area contributed by atoms with Gasteiger partial charge in [-0.25, -0.2) is 14.8 Å². The van der Waals surface area contributed by atoms with Gasteiger partial charge in [-0.1, -0.05) is 56.6 Å². The third-order valence-electron chi connectivity index (χ3n) is 3.71. The van der Waals surface area contributed by atoms with Gasteiger partial charge in [0.25, 0.3) is 5.24 Å². The van der Waals surface area contributed by atoms with E-state index in [0.717, 1.165) is 13.1 Å². The van der Waals surface area contributed by atoms with Crippen LogP contribution in [0.25, 0.3) is 26.6 Å². The average molecular weight is 699 g/mol. The molecule has 16 nitrogen and oxygen atoms in total. The fourth-order valence-electron chi connectivity index (χ4n) is 2.03. The summed E-state index contributed by atoms with van der Waals surface area (Å²) in [6, 6.07) is 2.75. The minimum Gasteiger partial charge on any atom is -0.456 e. The van der Waals surface area contributed by atoms with Gasteiger partial charge in [0, 0.05) is 53.4 Å². The van der Waals surface area contributed by atoms with E-state index in [1.807, 2.05) is 0 Å². The summed E-state index contributed by atoms with van der Waals surface area (Å²) in [5.41, 5.74) is 16.8. The van der Waals surface area contributed by atoms with Crippen molar-refractivity contribution < 1.29 is 38.2 Å². The smallest absolute Gasteiger partial charge is 0.349 e. The normalized spacial score (nSPS) is 9.70. The number of hydrogen-bond acceptors (Lipinski definition) is 12. The number of nitrogens with zero attached hydrogens (tertiary/aromatic N) is 8. The monoisotopic (exact) mass is 696 g/mol. The fourth-order valence-corrected chi connectivity index (χ4v) is 2.62. The van der Waals surface area contributed by atoms with Crippen molar-refractivity contribution in [3.05, 3.63) is 83.1 Å². The zero-order chi connectivity index (χ0) is 32.9. The third kappa shape index (κ3) is 18.1. The first kappa shape index (κ1) is 38.9. The van der Waals surface area contributed by atoms with Crippen LogP contribution in [0.1, 0.15) is 29.8 Å². The standard InChI is InChI=1S/C11H8Cl2N4O4.C7H4Cl2N4O.C4H5ClO3/c1-6(18)20-5-10(19)21-9(4-16-17-14)7-2-8(12)11(13)15-3-7;8-5-1-4(2-11-7(5)9)6(14)3-12-13-10;1-3(6)8-2-4(5)7/h2-4H,5H2,1H3;1-2H,3H2;2H2,1H3/b9-4+;;. The molecular formula is C22H17Cl5N8O8. The number of ether oxygens (including phenoxy) is 3. The number of hydrogen-bond donors (Lipinski definition) is 0. The number of esters is 3. The van der Waals surface area contributed by atoms with E-state index in [-0.39, 0.29) is 56.2 Å². The first-order valence-corrected chi connectivity index (χ1v) is 12.7. The van der Waals surface area contributed by atoms with Crippen LogP contribution in [0.2, 0.25) is 20.4 Å². The first-order valence-electron chi connectivity index (χ1n) is 10.8. The summed E-state index contributed by atoms with van der Waals surface area (Å²) in [4.78, 5) is 65.5. The lowest BCUT2D eigenvalue weighted by molar-refractivity contribution is -0.153. The molecule has 0 bridgehead atoms. The van der Waals surface area contributed by atoms with Crippen LogP contribution in [-0.4, -0.2) is 58.7 Å². The van der Waals surface area contributed by atoms with Crippen LogP contribution in [0.5, 0.6) is 0 Å². The van der Waals surface area contributed by atoms with Gasteiger partial charge in [0.2, 0.25) is 0 Å². The molecule has 2 heterocycles. The maximum atomic E-state index is 11.5. The zero-order valence-corrected chi connectivity index (χ0v) is 25.5. The molecule has 0 aliphatic heterocycles. The Morgan fingerprint density at radius 1 is 0.860 bits per heavy atom. The lowest BCUT2D eigenvalue weighted by Gasteiger charge is -2.08. The van der Waals surface area contributed by atoms with Crippen LogP contribution in [-0.2, 0) is 33.4 Å². The van der Waals surface area contributed by atoms with E-state index in [2.05, 4.69) is 39.5 Å². The summed E-state index contributed by atoms with van der Waals surface area (Å²) in [6.45, 7) is 1.18. The second-order valence-corrected chi connectivity index (χ2v) is 8.85. The second-order valence-electron chi connectivity index (χ2n) is 6.89. The Kier molecular flexibility index (Phi) is 19.5. The van der Waals surface area contributed by atoms with Crippen molar-refractivity contribution in [3.8, 4) is 0 Å². The van der Waals surface area contributed by atoms with E-state index in [0.29, 0.717) is 0 Å². The Morgan fingerprint density at radius 2 is 1.37 bits per heavy atom. The summed E-state index contributed by atoms with van der Waals surface area (Å²) < 4.78 is 13.6. The van der Waals surface area contributed by atoms with Gasteiger partial charge in [0.05, 0.1) is 16.6 Å². The molecule has 2 aromatic heterocycles. The molecular weight excluding hydrogens is 682 g/mol. The van der Waals surface area contributed by atoms with Gasteiger partial charge >= 0.3 is 17.9 Å². The minimum atomic E-state index is -0.865. The molecule has 0 spiro atoms. The van der Waals surface area contributed by atoms with Gasteiger partial charge in [-0.2, -0.15) is 0 Å². The highest BCUT2D eigenvalue weighted by atomic mass is 35.5. The van der Waals surface area contributed by atoms with Gasteiger partial charge in [-0.3, -0.25) is 19.2 Å². The van der Waals surface area contributed by atoms with Gasteiger partial charge in [-0.05, 0) is 34.8 Å². The Bertz CT molecular complexity index is 1460. The highest BCUT2D eigenvalue weighted by Gasteiger charge is 2.13. The molecule has 0 aromatic carbocycles. The molecule has 0 atom stereocenters. The van der Waals surface area contributed by atoms with E-state index in [4.69, 9.17) is 73.8 Å². The van der Waals surface area contributed by atoms with Crippen molar-refractivity contribution in [2.75, 3.05) is 19.8 Å². The Hall–Kier alpha value is -4.14. The summed E-state index contributed by atoms with van der Waals surface area (Å²) >= 11 is 27.5. The highest BCUT2D eigenvalue weighted by molar-refractivity contribution is 6.64. The summed E-state index contributed by atoms with van der Waals surface area (Å²) in [7, 11) is 0. The highest BCUT2D eigenvalue weighted by Crippen LogP contribution is 2.25. The van der Waals surface area contributed by atoms with Crippen molar-refractivity contribution in [2.24, 2.45) is 10.2 Å². The topological polar surface area (TPSA) is 236 Å². The van der Waals surface area contributed by atoms with E-state index in [1.54, 1.807) is 0 Å². The number of halogens is 5. The van der Waals surface area contributed by atoms with Gasteiger partial charge in [-0.15, -0.1) is 0 Å². The molecule has 0 fully saturated rings. The van der Waals surface area contributed by atoms with Crippen molar-refractivity contribution in [3.63, 3.8) is 0 Å². The quantitative estimate of drug-likeness (QED) is 0.0309. The van der Waals surface area contributed by atoms with E-state index in [9.17, 15) is 24.0 Å². The first-order chi connectivity index (χ1) is 20.2. The molecule has 0 unspecified atom stereocenters. The van der Waals surface area contributed by atoms with Crippen LogP contribution in [0.3, 0.4) is 0 Å². The molecule has 0 saturated heterocycles. The molecule has 2 aromatic rings. The Morgan fingerprint density at radius 3 is 1.81 bits per heavy atom. The van der Waals surface area contributed by atoms with E-state index in [1.165, 1.54) is 31.5 Å². The number of aromatic nitrogens is 2. The molecule has 21 heteroatoms. The summed E-state index contributed by atoms with van der Waals surface area (Å²) in [5.74, 6) is -2.47. The summed E-state index contributed by atoms with van der Waals surface area (Å²) in [5, 5.41) is 6.15. The van der Waals surface area contributed by atoms with Crippen molar-refractivity contribution in [2.45, 2.75) is 13.8 Å². The molecule has 0 aliphatic rings. The molecule has 0 N–H and O–H groups in total. The predicted octanol–water partition coefficient (Wildman–Crippen LogP) is 6.30. The van der Waals surface area contributed by atoms with Crippen molar-refractivity contribution >= 4 is 92.7 Å². The van der Waals surface area contributed by atoms with Gasteiger partial charge in [0.1, 0.15) is 16.1 Å². The average Bonchev–Trinajstić information content (AvgIpc) is 2.95. The SMILES string of the molecule is CC(=O)OCC(=O)Cl.CC(=O)OCC(=O)O/C(=C/N=[N+]=[N-])c1cnc(Cl)c(Cl)c1.[N-]=[N+]=NCC(=O)c1cnc(Cl)c(Cl)c1. The molecule has 0 amide bonds. The van der Waals surface area contributed by atoms with Crippen molar-refractivity contribution in [1.29, 1.82) is 0 Å². The zero-order valence-electron chi connectivity index (χ0n) is 21.7. The lowest BCUT2D eigenvalue weighted by Crippen LogP contribution is -2.14. The number of rotatable bonds is 10. The Labute approximate surface area is 267 Å². The van der Waals surface area contributed by atoms with Crippen molar-refractivity contribution in [1.82, 2.24) is 9.97 Å². The minimum absolute atomic E-state index is 0.0646. The van der Waals surface area contributed by atoms with Crippen LogP contribution in [0.15, 0.2) is 41.0 Å². The fraction of sp³-hybridized carbons (Fsp3) is 0.227. The second kappa shape index (κ2) is 21.5. The molecule has 0 aliphatic carbocycles. The number of ketones is 1. The van der Waals surface area contributed by atoms with Crippen LogP contribution in [0.4, 0.5) is 0 Å². The molecule has 2 rings (SSSR count). The van der Waals surface area contributed by atoms with Crippen LogP contribution < -0.4 is 0 Å². The molecule has 228 valence electrons. The lowest BCUT2D eigenvalue weighted by atomic mass is 10.2. The summed E-state index contributed by atoms with van der Waals surface area (Å²) in [6.07, 6.45) is 3.50. The molecule has 0 radical (unpaired) electrons. The maximum Gasteiger partial charge on any atom is 0.349 e. The van der Waals surface area contributed by atoms with E-state index >= 15 is 0 Å². The van der Waals surface area contributed by atoms with Gasteiger partial charge in [0.15, 0.2) is 19.0 Å². The van der Waals surface area contributed by atoms with Gasteiger partial charge < -0.3 is 14.2 Å². The largest absolute Gasteiger partial charge is 0.456 e. The number of carbonyl (C=O) groups excluding carboxylic acids is 5. The molecule has 43 heavy (non-hydrogen) atoms. The molecule has 0 saturated carbocycles. The number of Topliss-reactive ketones (excluding diaryl/α,β-unsaturated/α-hetero) is 1. The van der Waals surface area contributed by atoms with E-state index < -0.39 is 29.8 Å². The number of carbonyl (C=O) groups is 5.